The topological polar surface area (TPSA) is 0 Å². The quantitative estimate of drug-likeness (QED) is 0.599. The highest BCUT2D eigenvalue weighted by Gasteiger charge is 1.98. The minimum atomic E-state index is 1.06. The van der Waals surface area contributed by atoms with E-state index in [1.165, 1.54) is 42.4 Å². The van der Waals surface area contributed by atoms with Gasteiger partial charge in [-0.1, -0.05) is 80.8 Å². The summed E-state index contributed by atoms with van der Waals surface area (Å²) in [6, 6.07) is 19.5. The number of rotatable bonds is 6. The summed E-state index contributed by atoms with van der Waals surface area (Å²) in [6.45, 7) is 3.88. The summed E-state index contributed by atoms with van der Waals surface area (Å²) in [5, 5.41) is 0. The SMILES string of the molecule is [CH2]CCCCCc1cccc(-c2ccccc2)c1. The van der Waals surface area contributed by atoms with Gasteiger partial charge in [0.05, 0.1) is 0 Å². The third-order valence-corrected chi connectivity index (χ3v) is 3.25. The highest BCUT2D eigenvalue weighted by molar-refractivity contribution is 5.63. The fourth-order valence-corrected chi connectivity index (χ4v) is 2.22. The van der Waals surface area contributed by atoms with Crippen molar-refractivity contribution in [1.29, 1.82) is 0 Å². The standard InChI is InChI=1S/C18H21/c1-2-3-4-6-10-16-11-9-14-18(15-16)17-12-7-5-8-13-17/h5,7-9,11-15H,1-4,6,10H2. The van der Waals surface area contributed by atoms with E-state index in [-0.39, 0.29) is 0 Å². The Morgan fingerprint density at radius 2 is 1.50 bits per heavy atom. The van der Waals surface area contributed by atoms with Crippen molar-refractivity contribution in [2.24, 2.45) is 0 Å². The summed E-state index contributed by atoms with van der Waals surface area (Å²) < 4.78 is 0. The first kappa shape index (κ1) is 12.9. The van der Waals surface area contributed by atoms with Gasteiger partial charge in [-0.05, 0) is 29.5 Å². The molecule has 93 valence electrons. The molecule has 0 bridgehead atoms. The molecule has 2 aromatic carbocycles. The Hall–Kier alpha value is -1.56. The van der Waals surface area contributed by atoms with E-state index in [0.717, 1.165) is 6.42 Å². The van der Waals surface area contributed by atoms with E-state index in [9.17, 15) is 0 Å². The van der Waals surface area contributed by atoms with Gasteiger partial charge in [-0.15, -0.1) is 0 Å². The summed E-state index contributed by atoms with van der Waals surface area (Å²) in [5.41, 5.74) is 4.07. The van der Waals surface area contributed by atoms with E-state index in [1.807, 2.05) is 0 Å². The lowest BCUT2D eigenvalue weighted by atomic mass is 10.00. The first-order chi connectivity index (χ1) is 8.90. The predicted molar refractivity (Wildman–Crippen MR) is 79.4 cm³/mol. The fourth-order valence-electron chi connectivity index (χ4n) is 2.22. The van der Waals surface area contributed by atoms with E-state index in [4.69, 9.17) is 0 Å². The van der Waals surface area contributed by atoms with Gasteiger partial charge in [-0.3, -0.25) is 0 Å². The molecular weight excluding hydrogens is 216 g/mol. The maximum Gasteiger partial charge on any atom is -0.0181 e. The maximum absolute atomic E-state index is 3.88. The molecule has 0 aliphatic heterocycles. The molecule has 0 aliphatic carbocycles. The Morgan fingerprint density at radius 1 is 0.722 bits per heavy atom. The molecule has 0 atom stereocenters. The molecule has 2 rings (SSSR count). The van der Waals surface area contributed by atoms with Crippen LogP contribution in [0.25, 0.3) is 11.1 Å². The molecule has 0 aliphatic rings. The molecular formula is C18H21. The lowest BCUT2D eigenvalue weighted by Gasteiger charge is -2.05. The minimum absolute atomic E-state index is 1.06. The monoisotopic (exact) mass is 237 g/mol. The molecule has 0 saturated carbocycles. The van der Waals surface area contributed by atoms with Crippen LogP contribution in [0.5, 0.6) is 0 Å². The van der Waals surface area contributed by atoms with E-state index in [1.54, 1.807) is 0 Å². The van der Waals surface area contributed by atoms with Gasteiger partial charge in [0.2, 0.25) is 0 Å². The maximum atomic E-state index is 3.88. The van der Waals surface area contributed by atoms with Crippen molar-refractivity contribution in [3.05, 3.63) is 67.1 Å². The Morgan fingerprint density at radius 3 is 2.28 bits per heavy atom. The van der Waals surface area contributed by atoms with Gasteiger partial charge in [0.15, 0.2) is 0 Å². The van der Waals surface area contributed by atoms with E-state index >= 15 is 0 Å². The molecule has 0 heteroatoms. The molecule has 0 N–H and O–H groups in total. The summed E-state index contributed by atoms with van der Waals surface area (Å²) in [7, 11) is 0. The Bertz CT molecular complexity index is 456. The van der Waals surface area contributed by atoms with Crippen LogP contribution in [-0.4, -0.2) is 0 Å². The molecule has 0 saturated heterocycles. The van der Waals surface area contributed by atoms with Crippen LogP contribution in [0, 0.1) is 6.92 Å². The van der Waals surface area contributed by atoms with Gasteiger partial charge in [0.25, 0.3) is 0 Å². The highest BCUT2D eigenvalue weighted by Crippen LogP contribution is 2.20. The van der Waals surface area contributed by atoms with Crippen LogP contribution in [0.1, 0.15) is 31.2 Å². The van der Waals surface area contributed by atoms with Crippen molar-refractivity contribution >= 4 is 0 Å². The van der Waals surface area contributed by atoms with Gasteiger partial charge in [-0.2, -0.15) is 0 Å². The van der Waals surface area contributed by atoms with Gasteiger partial charge < -0.3 is 0 Å². The van der Waals surface area contributed by atoms with Crippen molar-refractivity contribution in [2.75, 3.05) is 0 Å². The smallest absolute Gasteiger partial charge is 0.0181 e. The molecule has 0 unspecified atom stereocenters. The predicted octanol–water partition coefficient (Wildman–Crippen LogP) is 5.29. The number of aryl methyl sites for hydroxylation is 1. The normalized spacial score (nSPS) is 10.5. The molecule has 2 aromatic rings. The third kappa shape index (κ3) is 3.73. The zero-order chi connectivity index (χ0) is 12.6. The molecule has 0 fully saturated rings. The highest BCUT2D eigenvalue weighted by atomic mass is 14.0. The second-order valence-corrected chi connectivity index (χ2v) is 4.73. The summed E-state index contributed by atoms with van der Waals surface area (Å²) in [6.07, 6.45) is 6.05. The van der Waals surface area contributed by atoms with Crippen LogP contribution < -0.4 is 0 Å². The summed E-state index contributed by atoms with van der Waals surface area (Å²) in [4.78, 5) is 0. The van der Waals surface area contributed by atoms with Crippen LogP contribution >= 0.6 is 0 Å². The van der Waals surface area contributed by atoms with Crippen LogP contribution in [0.15, 0.2) is 54.6 Å². The molecule has 0 aromatic heterocycles. The third-order valence-electron chi connectivity index (χ3n) is 3.25. The van der Waals surface area contributed by atoms with Crippen LogP contribution in [0.3, 0.4) is 0 Å². The van der Waals surface area contributed by atoms with E-state index in [0.29, 0.717) is 0 Å². The van der Waals surface area contributed by atoms with Crippen molar-refractivity contribution in [3.8, 4) is 11.1 Å². The van der Waals surface area contributed by atoms with Crippen molar-refractivity contribution < 1.29 is 0 Å². The van der Waals surface area contributed by atoms with Gasteiger partial charge >= 0.3 is 0 Å². The van der Waals surface area contributed by atoms with Crippen molar-refractivity contribution in [2.45, 2.75) is 32.1 Å². The van der Waals surface area contributed by atoms with Gasteiger partial charge in [0, 0.05) is 0 Å². The molecule has 18 heavy (non-hydrogen) atoms. The van der Waals surface area contributed by atoms with E-state index < -0.39 is 0 Å². The number of unbranched alkanes of at least 4 members (excludes halogenated alkanes) is 3. The molecule has 0 heterocycles. The first-order valence-electron chi connectivity index (χ1n) is 6.84. The second kappa shape index (κ2) is 7.00. The second-order valence-electron chi connectivity index (χ2n) is 4.73. The average Bonchev–Trinajstić information content (AvgIpc) is 2.45. The van der Waals surface area contributed by atoms with Gasteiger partial charge in [0.1, 0.15) is 0 Å². The first-order valence-corrected chi connectivity index (χ1v) is 6.84. The molecule has 0 amide bonds. The lowest BCUT2D eigenvalue weighted by Crippen LogP contribution is -1.87. The largest absolute Gasteiger partial charge is 0.0622 e. The molecule has 1 radical (unpaired) electrons. The molecule has 0 spiro atoms. The summed E-state index contributed by atoms with van der Waals surface area (Å²) in [5.74, 6) is 0. The fraction of sp³-hybridized carbons (Fsp3) is 0.278. The Kier molecular flexibility index (Phi) is 5.01. The van der Waals surface area contributed by atoms with E-state index in [2.05, 4.69) is 61.5 Å². The van der Waals surface area contributed by atoms with Crippen molar-refractivity contribution in [3.63, 3.8) is 0 Å². The minimum Gasteiger partial charge on any atom is -0.0622 e. The van der Waals surface area contributed by atoms with Crippen LogP contribution in [-0.2, 0) is 6.42 Å². The number of hydrogen-bond donors (Lipinski definition) is 0. The van der Waals surface area contributed by atoms with Crippen molar-refractivity contribution in [1.82, 2.24) is 0 Å². The molecule has 0 nitrogen and oxygen atoms in total. The van der Waals surface area contributed by atoms with Crippen LogP contribution in [0.2, 0.25) is 0 Å². The summed E-state index contributed by atoms with van der Waals surface area (Å²) >= 11 is 0. The van der Waals surface area contributed by atoms with Gasteiger partial charge in [-0.25, -0.2) is 0 Å². The zero-order valence-corrected chi connectivity index (χ0v) is 10.9. The number of hydrogen-bond acceptors (Lipinski definition) is 0. The van der Waals surface area contributed by atoms with Crippen LogP contribution in [0.4, 0.5) is 0 Å². The Labute approximate surface area is 111 Å². The average molecular weight is 237 g/mol. The lowest BCUT2D eigenvalue weighted by molar-refractivity contribution is 0.686. The number of benzene rings is 2. The zero-order valence-electron chi connectivity index (χ0n) is 10.9. The Balaban J connectivity index is 2.02.